The van der Waals surface area contributed by atoms with E-state index in [9.17, 15) is 9.18 Å². The van der Waals surface area contributed by atoms with Crippen LogP contribution in [-0.4, -0.2) is 36.9 Å². The van der Waals surface area contributed by atoms with Gasteiger partial charge in [0.25, 0.3) is 0 Å². The maximum absolute atomic E-state index is 13.6. The van der Waals surface area contributed by atoms with Crippen molar-refractivity contribution in [2.75, 3.05) is 5.75 Å². The van der Waals surface area contributed by atoms with Crippen LogP contribution < -0.4 is 5.32 Å². The van der Waals surface area contributed by atoms with Gasteiger partial charge in [0.05, 0.1) is 5.75 Å². The lowest BCUT2D eigenvalue weighted by Crippen LogP contribution is -2.60. The number of hydrogen-bond acceptors (Lipinski definition) is 5. The minimum Gasteiger partial charge on any atom is -0.350 e. The zero-order valence-corrected chi connectivity index (χ0v) is 19.1. The Bertz CT molecular complexity index is 1130. The highest BCUT2D eigenvalue weighted by atomic mass is 32.2. The van der Waals surface area contributed by atoms with E-state index in [2.05, 4.69) is 20.5 Å². The third-order valence-corrected chi connectivity index (χ3v) is 8.36. The fourth-order valence-corrected chi connectivity index (χ4v) is 7.35. The van der Waals surface area contributed by atoms with Crippen LogP contribution in [0.5, 0.6) is 0 Å². The molecule has 0 aliphatic heterocycles. The highest BCUT2D eigenvalue weighted by Crippen LogP contribution is 2.55. The van der Waals surface area contributed by atoms with Gasteiger partial charge in [-0.15, -0.1) is 10.2 Å². The number of pyridine rings is 1. The molecule has 0 unspecified atom stereocenters. The number of hydrogen-bond donors (Lipinski definition) is 1. The van der Waals surface area contributed by atoms with E-state index in [1.54, 1.807) is 24.5 Å². The molecule has 4 bridgehead atoms. The SMILES string of the molecule is O=C(CSc1nnc(-c2ccncc2)n1-c1ccc(F)cc1)NC12CC3CC(CC(C3)C1)C2. The molecule has 7 rings (SSSR count). The molecule has 1 amide bonds. The van der Waals surface area contributed by atoms with E-state index >= 15 is 0 Å². The van der Waals surface area contributed by atoms with E-state index in [1.807, 2.05) is 16.7 Å². The van der Waals surface area contributed by atoms with Crippen LogP contribution in [0, 0.1) is 23.6 Å². The highest BCUT2D eigenvalue weighted by molar-refractivity contribution is 7.99. The summed E-state index contributed by atoms with van der Waals surface area (Å²) in [7, 11) is 0. The molecule has 4 saturated carbocycles. The summed E-state index contributed by atoms with van der Waals surface area (Å²) < 4.78 is 15.4. The minimum atomic E-state index is -0.304. The summed E-state index contributed by atoms with van der Waals surface area (Å²) in [4.78, 5) is 17.1. The van der Waals surface area contributed by atoms with E-state index in [4.69, 9.17) is 0 Å². The van der Waals surface area contributed by atoms with Crippen molar-refractivity contribution in [3.8, 4) is 17.1 Å². The maximum atomic E-state index is 13.6. The number of benzene rings is 1. The largest absolute Gasteiger partial charge is 0.350 e. The number of halogens is 1. The van der Waals surface area contributed by atoms with Gasteiger partial charge in [0.15, 0.2) is 11.0 Å². The van der Waals surface area contributed by atoms with E-state index in [-0.39, 0.29) is 23.0 Å². The van der Waals surface area contributed by atoms with Gasteiger partial charge in [0.2, 0.25) is 5.91 Å². The van der Waals surface area contributed by atoms with Crippen molar-refractivity contribution in [1.82, 2.24) is 25.1 Å². The molecule has 1 aromatic carbocycles. The maximum Gasteiger partial charge on any atom is 0.230 e. The second kappa shape index (κ2) is 8.24. The molecular formula is C25H26FN5OS. The van der Waals surface area contributed by atoms with Gasteiger partial charge >= 0.3 is 0 Å². The second-order valence-electron chi connectivity index (χ2n) is 9.89. The third kappa shape index (κ3) is 4.05. The lowest BCUT2D eigenvalue weighted by Gasteiger charge is -2.56. The average molecular weight is 464 g/mol. The van der Waals surface area contributed by atoms with Crippen LogP contribution in [0.4, 0.5) is 4.39 Å². The van der Waals surface area contributed by atoms with Crippen molar-refractivity contribution in [3.63, 3.8) is 0 Å². The van der Waals surface area contributed by atoms with Crippen LogP contribution in [0.2, 0.25) is 0 Å². The Morgan fingerprint density at radius 2 is 1.64 bits per heavy atom. The molecule has 4 aliphatic rings. The minimum absolute atomic E-state index is 0.000772. The van der Waals surface area contributed by atoms with Crippen LogP contribution in [0.1, 0.15) is 38.5 Å². The van der Waals surface area contributed by atoms with Gasteiger partial charge in [-0.05, 0) is 92.7 Å². The molecule has 4 fully saturated rings. The Hall–Kier alpha value is -2.74. The Balaban J connectivity index is 1.22. The molecule has 2 aromatic heterocycles. The number of amides is 1. The van der Waals surface area contributed by atoms with Crippen molar-refractivity contribution in [2.24, 2.45) is 17.8 Å². The number of nitrogens with zero attached hydrogens (tertiary/aromatic N) is 4. The van der Waals surface area contributed by atoms with E-state index in [0.717, 1.165) is 48.3 Å². The summed E-state index contributed by atoms with van der Waals surface area (Å²) in [6, 6.07) is 9.95. The first-order valence-corrected chi connectivity index (χ1v) is 12.6. The predicted octanol–water partition coefficient (Wildman–Crippen LogP) is 4.65. The number of carbonyl (C=O) groups excluding carboxylic acids is 1. The number of thioether (sulfide) groups is 1. The van der Waals surface area contributed by atoms with Gasteiger partial charge in [0.1, 0.15) is 5.82 Å². The van der Waals surface area contributed by atoms with E-state index in [1.165, 1.54) is 43.2 Å². The summed E-state index contributed by atoms with van der Waals surface area (Å²) in [6.07, 6.45) is 10.8. The third-order valence-electron chi connectivity index (χ3n) is 7.43. The summed E-state index contributed by atoms with van der Waals surface area (Å²) in [5.41, 5.74) is 1.60. The molecule has 0 radical (unpaired) electrons. The molecule has 170 valence electrons. The first-order chi connectivity index (χ1) is 16.1. The molecule has 33 heavy (non-hydrogen) atoms. The molecule has 8 heteroatoms. The molecular weight excluding hydrogens is 437 g/mol. The Morgan fingerprint density at radius 1 is 1.00 bits per heavy atom. The van der Waals surface area contributed by atoms with Gasteiger partial charge in [-0.3, -0.25) is 14.3 Å². The van der Waals surface area contributed by atoms with Crippen LogP contribution >= 0.6 is 11.8 Å². The van der Waals surface area contributed by atoms with Gasteiger partial charge in [0, 0.05) is 29.2 Å². The number of aromatic nitrogens is 4. The van der Waals surface area contributed by atoms with E-state index in [0.29, 0.717) is 11.0 Å². The fourth-order valence-electron chi connectivity index (χ4n) is 6.60. The second-order valence-corrected chi connectivity index (χ2v) is 10.8. The van der Waals surface area contributed by atoms with Crippen LogP contribution in [-0.2, 0) is 4.79 Å². The van der Waals surface area contributed by atoms with Crippen molar-refractivity contribution in [3.05, 3.63) is 54.6 Å². The summed E-state index contributed by atoms with van der Waals surface area (Å²) in [5, 5.41) is 12.8. The topological polar surface area (TPSA) is 72.7 Å². The van der Waals surface area contributed by atoms with Gasteiger partial charge < -0.3 is 5.32 Å². The van der Waals surface area contributed by atoms with Crippen molar-refractivity contribution in [2.45, 2.75) is 49.2 Å². The smallest absolute Gasteiger partial charge is 0.230 e. The molecule has 4 aliphatic carbocycles. The zero-order chi connectivity index (χ0) is 22.4. The Kier molecular flexibility index (Phi) is 5.20. The number of rotatable bonds is 6. The predicted molar refractivity (Wildman–Crippen MR) is 124 cm³/mol. The fraction of sp³-hybridized carbons (Fsp3) is 0.440. The molecule has 6 nitrogen and oxygen atoms in total. The quantitative estimate of drug-likeness (QED) is 0.539. The number of carbonyl (C=O) groups is 1. The lowest BCUT2D eigenvalue weighted by atomic mass is 9.53. The average Bonchev–Trinajstić information content (AvgIpc) is 3.21. The molecule has 1 N–H and O–H groups in total. The van der Waals surface area contributed by atoms with Crippen LogP contribution in [0.15, 0.2) is 53.9 Å². The molecule has 3 aromatic rings. The monoisotopic (exact) mass is 463 g/mol. The summed E-state index contributed by atoms with van der Waals surface area (Å²) in [5.74, 6) is 3.02. The Labute approximate surface area is 196 Å². The first-order valence-electron chi connectivity index (χ1n) is 11.6. The molecule has 0 spiro atoms. The highest BCUT2D eigenvalue weighted by Gasteiger charge is 2.51. The van der Waals surface area contributed by atoms with Crippen molar-refractivity contribution in [1.29, 1.82) is 0 Å². The first kappa shape index (κ1) is 20.8. The Morgan fingerprint density at radius 3 is 2.27 bits per heavy atom. The lowest BCUT2D eigenvalue weighted by molar-refractivity contribution is -0.124. The molecule has 2 heterocycles. The number of nitrogens with one attached hydrogen (secondary N) is 1. The van der Waals surface area contributed by atoms with Gasteiger partial charge in [-0.25, -0.2) is 4.39 Å². The van der Waals surface area contributed by atoms with Crippen molar-refractivity contribution >= 4 is 17.7 Å². The van der Waals surface area contributed by atoms with Gasteiger partial charge in [-0.1, -0.05) is 11.8 Å². The van der Waals surface area contributed by atoms with E-state index < -0.39 is 0 Å². The molecule has 0 atom stereocenters. The van der Waals surface area contributed by atoms with Gasteiger partial charge in [-0.2, -0.15) is 0 Å². The van der Waals surface area contributed by atoms with Crippen LogP contribution in [0.3, 0.4) is 0 Å². The summed E-state index contributed by atoms with van der Waals surface area (Å²) in [6.45, 7) is 0. The van der Waals surface area contributed by atoms with Crippen molar-refractivity contribution < 1.29 is 9.18 Å². The standard InChI is InChI=1S/C25H26FN5OS/c26-20-1-3-21(4-2-20)31-23(19-5-7-27-8-6-19)29-30-24(31)33-15-22(32)28-25-12-16-9-17(13-25)11-18(10-16)14-25/h1-8,16-18H,9-15H2,(H,28,32). The normalized spacial score (nSPS) is 27.6. The van der Waals surface area contributed by atoms with Crippen LogP contribution in [0.25, 0.3) is 17.1 Å². The molecule has 0 saturated heterocycles. The summed E-state index contributed by atoms with van der Waals surface area (Å²) >= 11 is 1.37. The zero-order valence-electron chi connectivity index (χ0n) is 18.3.